The minimum Gasteiger partial charge on any atom is -0.493 e. The zero-order valence-corrected chi connectivity index (χ0v) is 23.6. The molecule has 0 saturated heterocycles. The number of aryl methyl sites for hydroxylation is 1. The molecule has 3 N–H and O–H groups in total. The van der Waals surface area contributed by atoms with Crippen molar-refractivity contribution in [2.45, 2.75) is 20.0 Å². The molecule has 9 nitrogen and oxygen atoms in total. The quantitative estimate of drug-likeness (QED) is 0.135. The third-order valence-corrected chi connectivity index (χ3v) is 6.31. The lowest BCUT2D eigenvalue weighted by atomic mass is 10.1. The van der Waals surface area contributed by atoms with Gasteiger partial charge in [-0.2, -0.15) is 18.3 Å². The van der Waals surface area contributed by atoms with Crippen molar-refractivity contribution in [3.8, 4) is 11.5 Å². The molecule has 0 bridgehead atoms. The lowest BCUT2D eigenvalue weighted by Crippen LogP contribution is -2.32. The molecule has 0 heterocycles. The van der Waals surface area contributed by atoms with Crippen molar-refractivity contribution in [2.24, 2.45) is 5.10 Å². The molecular weight excluding hydrogens is 644 g/mol. The highest BCUT2D eigenvalue weighted by molar-refractivity contribution is 14.1. The Morgan fingerprint density at radius 1 is 1.00 bits per heavy atom. The Morgan fingerprint density at radius 2 is 1.73 bits per heavy atom. The van der Waals surface area contributed by atoms with Crippen molar-refractivity contribution >= 4 is 57.9 Å². The molecule has 0 saturated carbocycles. The summed E-state index contributed by atoms with van der Waals surface area (Å²) in [6.07, 6.45) is -3.25. The average molecular weight is 668 g/mol. The highest BCUT2D eigenvalue weighted by Gasteiger charge is 2.30. The second-order valence-electron chi connectivity index (χ2n) is 8.35. The maximum atomic E-state index is 12.9. The molecule has 40 heavy (non-hydrogen) atoms. The summed E-state index contributed by atoms with van der Waals surface area (Å²) < 4.78 is 50.1. The SMILES string of the molecule is COc1cc(/C=N\NC(=O)C(=O)Nc2cccc(C)c2C)cc(I)c1OCC(=O)Nc1cccc(C(F)(F)F)c1. The average Bonchev–Trinajstić information content (AvgIpc) is 2.90. The van der Waals surface area contributed by atoms with Crippen LogP contribution in [-0.4, -0.2) is 37.7 Å². The number of rotatable bonds is 8. The summed E-state index contributed by atoms with van der Waals surface area (Å²) in [5.41, 5.74) is 4.04. The molecule has 3 aromatic carbocycles. The summed E-state index contributed by atoms with van der Waals surface area (Å²) in [6.45, 7) is 3.21. The number of hydrogen-bond acceptors (Lipinski definition) is 6. The summed E-state index contributed by atoms with van der Waals surface area (Å²) >= 11 is 1.94. The Hall–Kier alpha value is -4.14. The van der Waals surface area contributed by atoms with Gasteiger partial charge in [0.2, 0.25) is 0 Å². The lowest BCUT2D eigenvalue weighted by Gasteiger charge is -2.14. The summed E-state index contributed by atoms with van der Waals surface area (Å²) in [7, 11) is 1.38. The molecule has 0 aromatic heterocycles. The molecule has 0 aliphatic rings. The second kappa shape index (κ2) is 13.3. The van der Waals surface area contributed by atoms with Gasteiger partial charge in [0.1, 0.15) is 0 Å². The van der Waals surface area contributed by atoms with Gasteiger partial charge in [0.05, 0.1) is 22.5 Å². The van der Waals surface area contributed by atoms with Crippen LogP contribution in [-0.2, 0) is 20.6 Å². The van der Waals surface area contributed by atoms with Gasteiger partial charge in [-0.05, 0) is 89.5 Å². The lowest BCUT2D eigenvalue weighted by molar-refractivity contribution is -0.137. The van der Waals surface area contributed by atoms with Gasteiger partial charge >= 0.3 is 18.0 Å². The first-order valence-electron chi connectivity index (χ1n) is 11.6. The number of carbonyl (C=O) groups is 3. The highest BCUT2D eigenvalue weighted by atomic mass is 127. The molecule has 3 aromatic rings. The van der Waals surface area contributed by atoms with Crippen LogP contribution in [0, 0.1) is 17.4 Å². The first kappa shape index (κ1) is 30.4. The number of methoxy groups -OCH3 is 1. The Balaban J connectivity index is 1.60. The number of nitrogens with zero attached hydrogens (tertiary/aromatic N) is 1. The number of amides is 3. The molecule has 3 rings (SSSR count). The van der Waals surface area contributed by atoms with Gasteiger partial charge in [0, 0.05) is 11.4 Å². The van der Waals surface area contributed by atoms with Crippen LogP contribution < -0.4 is 25.5 Å². The molecule has 0 atom stereocenters. The Kier molecular flexibility index (Phi) is 10.1. The summed E-state index contributed by atoms with van der Waals surface area (Å²) in [6, 6.07) is 12.7. The summed E-state index contributed by atoms with van der Waals surface area (Å²) in [4.78, 5) is 36.6. The van der Waals surface area contributed by atoms with E-state index in [-0.39, 0.29) is 17.2 Å². The third kappa shape index (κ3) is 8.18. The van der Waals surface area contributed by atoms with E-state index in [9.17, 15) is 27.6 Å². The monoisotopic (exact) mass is 668 g/mol. The van der Waals surface area contributed by atoms with E-state index in [1.807, 2.05) is 42.5 Å². The smallest absolute Gasteiger partial charge is 0.416 e. The number of halogens is 4. The maximum Gasteiger partial charge on any atom is 0.416 e. The minimum absolute atomic E-state index is 0.0265. The molecule has 0 unspecified atom stereocenters. The predicted molar refractivity (Wildman–Crippen MR) is 152 cm³/mol. The third-order valence-electron chi connectivity index (χ3n) is 5.51. The van der Waals surface area contributed by atoms with Gasteiger partial charge in [-0.3, -0.25) is 14.4 Å². The van der Waals surface area contributed by atoms with E-state index >= 15 is 0 Å². The number of anilines is 2. The first-order chi connectivity index (χ1) is 18.9. The number of hydrogen-bond donors (Lipinski definition) is 3. The number of carbonyl (C=O) groups excluding carboxylic acids is 3. The Morgan fingerprint density at radius 3 is 2.42 bits per heavy atom. The van der Waals surface area contributed by atoms with E-state index in [0.717, 1.165) is 23.3 Å². The largest absolute Gasteiger partial charge is 0.493 e. The molecule has 0 spiro atoms. The van der Waals surface area contributed by atoms with Gasteiger partial charge in [-0.25, -0.2) is 5.43 Å². The van der Waals surface area contributed by atoms with E-state index in [2.05, 4.69) is 21.2 Å². The van der Waals surface area contributed by atoms with E-state index in [1.54, 1.807) is 18.2 Å². The van der Waals surface area contributed by atoms with E-state index in [1.165, 1.54) is 31.5 Å². The zero-order valence-electron chi connectivity index (χ0n) is 21.5. The van der Waals surface area contributed by atoms with Crippen molar-refractivity contribution in [1.29, 1.82) is 0 Å². The van der Waals surface area contributed by atoms with Gasteiger partial charge in [0.15, 0.2) is 18.1 Å². The Labute approximate surface area is 241 Å². The molecule has 0 aliphatic heterocycles. The minimum atomic E-state index is -4.54. The molecule has 0 fully saturated rings. The van der Waals surface area contributed by atoms with Crippen LogP contribution in [0.3, 0.4) is 0 Å². The molecule has 3 amide bonds. The number of nitrogens with one attached hydrogen (secondary N) is 3. The van der Waals surface area contributed by atoms with Crippen LogP contribution in [0.4, 0.5) is 24.5 Å². The van der Waals surface area contributed by atoms with Crippen LogP contribution in [0.15, 0.2) is 59.7 Å². The first-order valence-corrected chi connectivity index (χ1v) is 12.6. The van der Waals surface area contributed by atoms with Crippen LogP contribution in [0.5, 0.6) is 11.5 Å². The summed E-state index contributed by atoms with van der Waals surface area (Å²) in [5, 5.41) is 8.70. The molecule has 13 heteroatoms. The maximum absolute atomic E-state index is 12.9. The number of benzene rings is 3. The summed E-state index contributed by atoms with van der Waals surface area (Å²) in [5.74, 6) is -2.07. The van der Waals surface area contributed by atoms with Crippen molar-refractivity contribution in [1.82, 2.24) is 5.43 Å². The van der Waals surface area contributed by atoms with Crippen LogP contribution in [0.1, 0.15) is 22.3 Å². The fraction of sp³-hybridized carbons (Fsp3) is 0.185. The van der Waals surface area contributed by atoms with Crippen LogP contribution in [0.25, 0.3) is 0 Å². The topological polar surface area (TPSA) is 118 Å². The number of hydrazone groups is 1. The van der Waals surface area contributed by atoms with E-state index < -0.39 is 36.1 Å². The van der Waals surface area contributed by atoms with Gasteiger partial charge in [0.25, 0.3) is 5.91 Å². The fourth-order valence-electron chi connectivity index (χ4n) is 3.34. The van der Waals surface area contributed by atoms with E-state index in [4.69, 9.17) is 9.47 Å². The molecule has 0 radical (unpaired) electrons. The second-order valence-corrected chi connectivity index (χ2v) is 9.51. The van der Waals surface area contributed by atoms with Crippen molar-refractivity contribution < 1.29 is 37.0 Å². The van der Waals surface area contributed by atoms with Gasteiger partial charge in [-0.1, -0.05) is 18.2 Å². The number of ether oxygens (including phenoxy) is 2. The van der Waals surface area contributed by atoms with Crippen LogP contribution >= 0.6 is 22.6 Å². The van der Waals surface area contributed by atoms with Gasteiger partial charge in [-0.15, -0.1) is 0 Å². The predicted octanol–water partition coefficient (Wildman–Crippen LogP) is 5.04. The van der Waals surface area contributed by atoms with Gasteiger partial charge < -0.3 is 20.1 Å². The Bertz CT molecular complexity index is 1460. The fourth-order valence-corrected chi connectivity index (χ4v) is 4.13. The van der Waals surface area contributed by atoms with Crippen molar-refractivity contribution in [3.05, 3.63) is 80.4 Å². The zero-order chi connectivity index (χ0) is 29.4. The van der Waals surface area contributed by atoms with Crippen molar-refractivity contribution in [2.75, 3.05) is 24.4 Å². The molecular formula is C27H24F3IN4O5. The van der Waals surface area contributed by atoms with Crippen LogP contribution in [0.2, 0.25) is 0 Å². The van der Waals surface area contributed by atoms with Crippen molar-refractivity contribution in [3.63, 3.8) is 0 Å². The normalized spacial score (nSPS) is 11.2. The number of alkyl halides is 3. The highest BCUT2D eigenvalue weighted by Crippen LogP contribution is 2.34. The molecule has 0 aliphatic carbocycles. The standard InChI is InChI=1S/C27H24F3IN4O5/c1-15-6-4-9-21(16(15)2)34-25(37)26(38)35-32-13-17-10-20(31)24(22(11-17)39-3)40-14-23(36)33-19-8-5-7-18(12-19)27(28,29)30/h4-13H,14H2,1-3H3,(H,33,36)(H,34,37)(H,35,38)/b32-13-. The van der Waals surface area contributed by atoms with E-state index in [0.29, 0.717) is 14.8 Å². The molecule has 210 valence electrons.